The molecule has 0 saturated heterocycles. The first-order valence-electron chi connectivity index (χ1n) is 10.9. The summed E-state index contributed by atoms with van der Waals surface area (Å²) in [5, 5.41) is 9.93. The van der Waals surface area contributed by atoms with Crippen molar-refractivity contribution >= 4 is 52.4 Å². The van der Waals surface area contributed by atoms with Gasteiger partial charge in [-0.3, -0.25) is 10.2 Å². The number of alkyl halides is 3. The van der Waals surface area contributed by atoms with E-state index in [9.17, 15) is 13.2 Å². The minimum absolute atomic E-state index is 0.125. The zero-order valence-electron chi connectivity index (χ0n) is 18.5. The standard InChI is InChI=1S/C25H18Cl3F3N4O/c26-16-10-21(27)24(22(28)11-16)34-32-12-14-1-7-19-15(9-14)2-8-23-20(19)13-33-35(23)17-3-5-18(6-4-17)36-25(29,30)31/h1,3-5,7,9-13,18,34H,2,6,8H2/b32-12+. The minimum atomic E-state index is -4.66. The number of rotatable bonds is 5. The average Bonchev–Trinajstić information content (AvgIpc) is 3.24. The van der Waals surface area contributed by atoms with Gasteiger partial charge in [-0.25, -0.2) is 4.68 Å². The van der Waals surface area contributed by atoms with E-state index in [0.29, 0.717) is 20.8 Å². The van der Waals surface area contributed by atoms with Crippen LogP contribution >= 0.6 is 34.8 Å². The first-order chi connectivity index (χ1) is 17.2. The summed E-state index contributed by atoms with van der Waals surface area (Å²) in [6.07, 6.45) is 4.18. The van der Waals surface area contributed by atoms with Crippen LogP contribution in [0.3, 0.4) is 0 Å². The maximum absolute atomic E-state index is 12.5. The topological polar surface area (TPSA) is 51.4 Å². The van der Waals surface area contributed by atoms with Gasteiger partial charge in [0, 0.05) is 10.6 Å². The van der Waals surface area contributed by atoms with Crippen molar-refractivity contribution in [1.29, 1.82) is 0 Å². The van der Waals surface area contributed by atoms with Gasteiger partial charge in [-0.15, -0.1) is 13.2 Å². The number of hydrogen-bond acceptors (Lipinski definition) is 4. The molecule has 0 amide bonds. The Balaban J connectivity index is 1.32. The number of nitrogens with zero attached hydrogens (tertiary/aromatic N) is 3. The molecule has 2 aromatic carbocycles. The summed E-state index contributed by atoms with van der Waals surface area (Å²) in [6.45, 7) is 0. The van der Waals surface area contributed by atoms with Gasteiger partial charge in [-0.2, -0.15) is 10.2 Å². The number of hydrazone groups is 1. The van der Waals surface area contributed by atoms with Crippen molar-refractivity contribution in [2.75, 3.05) is 5.43 Å². The van der Waals surface area contributed by atoms with E-state index in [2.05, 4.69) is 26.4 Å². The Morgan fingerprint density at radius 1 is 1.08 bits per heavy atom. The monoisotopic (exact) mass is 552 g/mol. The molecule has 5 nitrogen and oxygen atoms in total. The molecular weight excluding hydrogens is 536 g/mol. The van der Waals surface area contributed by atoms with Gasteiger partial charge in [0.2, 0.25) is 0 Å². The number of anilines is 1. The Kier molecular flexibility index (Phi) is 6.87. The molecule has 1 aromatic heterocycles. The van der Waals surface area contributed by atoms with Gasteiger partial charge >= 0.3 is 6.36 Å². The van der Waals surface area contributed by atoms with Crippen LogP contribution in [0.1, 0.15) is 23.2 Å². The molecule has 1 heterocycles. The second-order valence-electron chi connectivity index (χ2n) is 8.27. The molecule has 5 rings (SSSR count). The molecule has 36 heavy (non-hydrogen) atoms. The molecule has 186 valence electrons. The summed E-state index contributed by atoms with van der Waals surface area (Å²) in [5.41, 5.74) is 9.19. The van der Waals surface area contributed by atoms with Crippen LogP contribution in [-0.2, 0) is 17.6 Å². The first kappa shape index (κ1) is 24.9. The van der Waals surface area contributed by atoms with Crippen LogP contribution in [0.15, 0.2) is 59.9 Å². The van der Waals surface area contributed by atoms with Crippen molar-refractivity contribution in [3.63, 3.8) is 0 Å². The Bertz CT molecular complexity index is 1390. The highest BCUT2D eigenvalue weighted by Gasteiger charge is 2.33. The summed E-state index contributed by atoms with van der Waals surface area (Å²) in [7, 11) is 0. The highest BCUT2D eigenvalue weighted by molar-refractivity contribution is 6.41. The van der Waals surface area contributed by atoms with Gasteiger partial charge in [0.1, 0.15) is 0 Å². The van der Waals surface area contributed by atoms with E-state index >= 15 is 0 Å². The number of ether oxygens (including phenoxy) is 1. The van der Waals surface area contributed by atoms with Gasteiger partial charge in [-0.05, 0) is 60.2 Å². The zero-order chi connectivity index (χ0) is 25.4. The molecular formula is C25H18Cl3F3N4O. The number of halogens is 6. The fourth-order valence-corrected chi connectivity index (χ4v) is 5.21. The van der Waals surface area contributed by atoms with E-state index in [1.807, 2.05) is 12.1 Å². The van der Waals surface area contributed by atoms with Crippen LogP contribution in [0.25, 0.3) is 16.8 Å². The number of benzene rings is 2. The lowest BCUT2D eigenvalue weighted by atomic mass is 9.88. The highest BCUT2D eigenvalue weighted by atomic mass is 35.5. The van der Waals surface area contributed by atoms with Crippen molar-refractivity contribution in [3.8, 4) is 11.1 Å². The molecule has 2 aliphatic rings. The fraction of sp³-hybridized carbons (Fsp3) is 0.200. The van der Waals surface area contributed by atoms with E-state index in [0.717, 1.165) is 46.5 Å². The average molecular weight is 554 g/mol. The molecule has 0 saturated carbocycles. The first-order valence-corrected chi connectivity index (χ1v) is 12.1. The highest BCUT2D eigenvalue weighted by Crippen LogP contribution is 2.36. The number of aromatic nitrogens is 2. The zero-order valence-corrected chi connectivity index (χ0v) is 20.8. The summed E-state index contributed by atoms with van der Waals surface area (Å²) in [6, 6.07) is 9.18. The maximum atomic E-state index is 12.5. The lowest BCUT2D eigenvalue weighted by molar-refractivity contribution is -0.335. The van der Waals surface area contributed by atoms with Gasteiger partial charge in [0.15, 0.2) is 0 Å². The van der Waals surface area contributed by atoms with E-state index in [1.54, 1.807) is 41.4 Å². The summed E-state index contributed by atoms with van der Waals surface area (Å²) >= 11 is 18.3. The number of allylic oxidation sites excluding steroid dienone is 2. The molecule has 11 heteroatoms. The Morgan fingerprint density at radius 3 is 2.56 bits per heavy atom. The Hall–Kier alpha value is -2.78. The van der Waals surface area contributed by atoms with Crippen molar-refractivity contribution < 1.29 is 17.9 Å². The quantitative estimate of drug-likeness (QED) is 0.259. The van der Waals surface area contributed by atoms with Crippen molar-refractivity contribution in [3.05, 3.63) is 86.6 Å². The van der Waals surface area contributed by atoms with Crippen LogP contribution in [0.5, 0.6) is 0 Å². The molecule has 1 unspecified atom stereocenters. The second kappa shape index (κ2) is 9.94. The molecule has 3 aromatic rings. The van der Waals surface area contributed by atoms with E-state index in [-0.39, 0.29) is 6.42 Å². The Morgan fingerprint density at radius 2 is 1.86 bits per heavy atom. The van der Waals surface area contributed by atoms with E-state index < -0.39 is 12.5 Å². The lowest BCUT2D eigenvalue weighted by Crippen LogP contribution is -2.23. The molecule has 0 bridgehead atoms. The Labute approximate surface area is 219 Å². The van der Waals surface area contributed by atoms with Gasteiger partial charge in [0.05, 0.1) is 45.6 Å². The van der Waals surface area contributed by atoms with Crippen molar-refractivity contribution in [2.24, 2.45) is 5.10 Å². The number of aryl methyl sites for hydroxylation is 1. The SMILES string of the molecule is FC(F)(F)OC1C=CC(n2ncc3c2CCc2cc(/C=N/Nc4c(Cl)cc(Cl)cc4Cl)ccc2-3)=CC1. The van der Waals surface area contributed by atoms with E-state index in [1.165, 1.54) is 6.08 Å². The third kappa shape index (κ3) is 5.32. The third-order valence-electron chi connectivity index (χ3n) is 5.89. The molecule has 1 atom stereocenters. The molecule has 0 radical (unpaired) electrons. The summed E-state index contributed by atoms with van der Waals surface area (Å²) < 4.78 is 43.3. The third-order valence-corrected chi connectivity index (χ3v) is 6.70. The number of nitrogens with one attached hydrogen (secondary N) is 1. The molecule has 0 aliphatic heterocycles. The molecule has 0 spiro atoms. The largest absolute Gasteiger partial charge is 0.523 e. The van der Waals surface area contributed by atoms with Crippen LogP contribution in [0, 0.1) is 0 Å². The summed E-state index contributed by atoms with van der Waals surface area (Å²) in [5.74, 6) is 0. The number of hydrogen-bond donors (Lipinski definition) is 1. The van der Waals surface area contributed by atoms with Crippen LogP contribution < -0.4 is 5.43 Å². The predicted molar refractivity (Wildman–Crippen MR) is 137 cm³/mol. The predicted octanol–water partition coefficient (Wildman–Crippen LogP) is 7.76. The normalized spacial score (nSPS) is 17.2. The maximum Gasteiger partial charge on any atom is 0.523 e. The van der Waals surface area contributed by atoms with E-state index in [4.69, 9.17) is 34.8 Å². The summed E-state index contributed by atoms with van der Waals surface area (Å²) in [4.78, 5) is 0. The van der Waals surface area contributed by atoms with Gasteiger partial charge in [0.25, 0.3) is 0 Å². The fourth-order valence-electron chi connectivity index (χ4n) is 4.30. The van der Waals surface area contributed by atoms with Crippen LogP contribution in [0.4, 0.5) is 18.9 Å². The van der Waals surface area contributed by atoms with Crippen LogP contribution in [-0.4, -0.2) is 28.5 Å². The minimum Gasteiger partial charge on any atom is -0.284 e. The van der Waals surface area contributed by atoms with Crippen molar-refractivity contribution in [2.45, 2.75) is 31.7 Å². The molecule has 1 N–H and O–H groups in total. The second-order valence-corrected chi connectivity index (χ2v) is 9.52. The van der Waals surface area contributed by atoms with Gasteiger partial charge in [-0.1, -0.05) is 59.1 Å². The molecule has 0 fully saturated rings. The van der Waals surface area contributed by atoms with Crippen molar-refractivity contribution in [1.82, 2.24) is 9.78 Å². The van der Waals surface area contributed by atoms with Crippen LogP contribution in [0.2, 0.25) is 15.1 Å². The number of fused-ring (bicyclic) bond motifs is 3. The van der Waals surface area contributed by atoms with Gasteiger partial charge < -0.3 is 0 Å². The lowest BCUT2D eigenvalue weighted by Gasteiger charge is -2.21. The smallest absolute Gasteiger partial charge is 0.284 e. The molecule has 2 aliphatic carbocycles.